The lowest BCUT2D eigenvalue weighted by Gasteiger charge is -2.33. The normalized spacial score (nSPS) is 11.9. The van der Waals surface area contributed by atoms with E-state index in [1.165, 1.54) is 24.1 Å². The van der Waals surface area contributed by atoms with Crippen LogP contribution in [0.1, 0.15) is 49.8 Å². The van der Waals surface area contributed by atoms with E-state index in [-0.39, 0.29) is 23.0 Å². The lowest BCUT2D eigenvalue weighted by atomic mass is 10.1. The number of sulfonamides is 1. The van der Waals surface area contributed by atoms with E-state index in [0.29, 0.717) is 18.7 Å². The Kier molecular flexibility index (Phi) is 11.3. The first-order valence-corrected chi connectivity index (χ1v) is 15.4. The minimum absolute atomic E-state index is 0.0524. The van der Waals surface area contributed by atoms with E-state index in [4.69, 9.17) is 4.74 Å². The summed E-state index contributed by atoms with van der Waals surface area (Å²) < 4.78 is 34.7. The summed E-state index contributed by atoms with van der Waals surface area (Å²) in [6, 6.07) is 20.1. The highest BCUT2D eigenvalue weighted by atomic mass is 32.2. The molecule has 3 aromatic rings. The Bertz CT molecular complexity index is 1420. The Labute approximate surface area is 244 Å². The van der Waals surface area contributed by atoms with Crippen molar-refractivity contribution in [2.24, 2.45) is 0 Å². The van der Waals surface area contributed by atoms with Gasteiger partial charge in [-0.15, -0.1) is 0 Å². The highest BCUT2D eigenvalue weighted by Gasteiger charge is 2.34. The molecule has 41 heavy (non-hydrogen) atoms. The molecule has 1 atom stereocenters. The van der Waals surface area contributed by atoms with E-state index >= 15 is 0 Å². The summed E-state index contributed by atoms with van der Waals surface area (Å²) in [4.78, 5) is 29.1. The molecule has 8 nitrogen and oxygen atoms in total. The van der Waals surface area contributed by atoms with Crippen LogP contribution in [0.4, 0.5) is 5.69 Å². The van der Waals surface area contributed by atoms with Crippen LogP contribution < -0.4 is 14.4 Å². The maximum Gasteiger partial charge on any atom is 0.264 e. The van der Waals surface area contributed by atoms with Gasteiger partial charge in [-0.2, -0.15) is 0 Å². The summed E-state index contributed by atoms with van der Waals surface area (Å²) in [5, 5.41) is 2.95. The second-order valence-corrected chi connectivity index (χ2v) is 11.9. The Hall–Kier alpha value is -3.85. The number of hydrogen-bond donors (Lipinski definition) is 1. The van der Waals surface area contributed by atoms with Crippen molar-refractivity contribution in [1.29, 1.82) is 0 Å². The molecule has 0 bridgehead atoms. The van der Waals surface area contributed by atoms with Crippen LogP contribution in [0.2, 0.25) is 0 Å². The number of amides is 2. The van der Waals surface area contributed by atoms with Crippen LogP contribution >= 0.6 is 0 Å². The second-order valence-electron chi connectivity index (χ2n) is 10.0. The number of para-hydroxylation sites is 2. The summed E-state index contributed by atoms with van der Waals surface area (Å²) in [5.41, 5.74) is 3.00. The highest BCUT2D eigenvalue weighted by molar-refractivity contribution is 7.92. The van der Waals surface area contributed by atoms with E-state index in [9.17, 15) is 18.0 Å². The predicted octanol–water partition coefficient (Wildman–Crippen LogP) is 5.23. The van der Waals surface area contributed by atoms with Crippen LogP contribution in [-0.4, -0.2) is 51.4 Å². The monoisotopic (exact) mass is 579 g/mol. The fourth-order valence-electron chi connectivity index (χ4n) is 4.58. The Morgan fingerprint density at radius 2 is 1.59 bits per heavy atom. The number of rotatable bonds is 14. The van der Waals surface area contributed by atoms with Crippen molar-refractivity contribution < 1.29 is 22.7 Å². The molecule has 220 valence electrons. The van der Waals surface area contributed by atoms with Crippen LogP contribution in [0.5, 0.6) is 5.75 Å². The molecule has 3 rings (SSSR count). The molecule has 1 N–H and O–H groups in total. The van der Waals surface area contributed by atoms with E-state index in [0.717, 1.165) is 33.8 Å². The van der Waals surface area contributed by atoms with Gasteiger partial charge < -0.3 is 15.0 Å². The Balaban J connectivity index is 2.08. The van der Waals surface area contributed by atoms with Gasteiger partial charge in [-0.05, 0) is 62.1 Å². The highest BCUT2D eigenvalue weighted by Crippen LogP contribution is 2.32. The number of hydrogen-bond acceptors (Lipinski definition) is 5. The quantitative estimate of drug-likeness (QED) is 0.264. The average Bonchev–Trinajstić information content (AvgIpc) is 2.97. The van der Waals surface area contributed by atoms with Gasteiger partial charge in [-0.25, -0.2) is 8.42 Å². The predicted molar refractivity (Wildman–Crippen MR) is 162 cm³/mol. The van der Waals surface area contributed by atoms with Crippen LogP contribution in [0.15, 0.2) is 77.7 Å². The number of carbonyl (C=O) groups excluding carboxylic acids is 2. The molecule has 0 fully saturated rings. The van der Waals surface area contributed by atoms with Gasteiger partial charge in [-0.1, -0.05) is 74.4 Å². The van der Waals surface area contributed by atoms with Gasteiger partial charge >= 0.3 is 0 Å². The summed E-state index contributed by atoms with van der Waals surface area (Å²) in [5.74, 6) is -0.439. The van der Waals surface area contributed by atoms with Crippen LogP contribution in [-0.2, 0) is 26.2 Å². The molecule has 0 aromatic heterocycles. The number of nitrogens with one attached hydrogen (secondary N) is 1. The number of benzene rings is 3. The molecular formula is C32H41N3O5S. The van der Waals surface area contributed by atoms with Crippen molar-refractivity contribution in [3.05, 3.63) is 89.5 Å². The van der Waals surface area contributed by atoms with Gasteiger partial charge in [0.2, 0.25) is 11.8 Å². The maximum atomic E-state index is 14.2. The van der Waals surface area contributed by atoms with Gasteiger partial charge in [-0.3, -0.25) is 13.9 Å². The van der Waals surface area contributed by atoms with Crippen molar-refractivity contribution in [2.75, 3.05) is 24.5 Å². The minimum Gasteiger partial charge on any atom is -0.495 e. The molecule has 0 saturated heterocycles. The number of methoxy groups -OCH3 is 1. The van der Waals surface area contributed by atoms with E-state index < -0.39 is 28.5 Å². The third-order valence-corrected chi connectivity index (χ3v) is 8.83. The van der Waals surface area contributed by atoms with Crippen molar-refractivity contribution in [3.63, 3.8) is 0 Å². The van der Waals surface area contributed by atoms with Crippen LogP contribution in [0.3, 0.4) is 0 Å². The van der Waals surface area contributed by atoms with E-state index in [2.05, 4.69) is 5.32 Å². The van der Waals surface area contributed by atoms with Crippen molar-refractivity contribution in [3.8, 4) is 5.75 Å². The fourth-order valence-corrected chi connectivity index (χ4v) is 6.01. The molecule has 0 aliphatic heterocycles. The zero-order valence-electron chi connectivity index (χ0n) is 24.6. The number of carbonyl (C=O) groups is 2. The SMILES string of the molecule is CCCCNC(=O)C(CC)N(Cc1ccccc1C)C(=O)CN(c1ccccc1OC)S(=O)(=O)c1ccc(C)cc1. The van der Waals surface area contributed by atoms with Crippen LogP contribution in [0, 0.1) is 13.8 Å². The molecule has 0 aliphatic carbocycles. The lowest BCUT2D eigenvalue weighted by molar-refractivity contribution is -0.140. The first-order valence-electron chi connectivity index (χ1n) is 14.0. The minimum atomic E-state index is -4.18. The molecule has 0 radical (unpaired) electrons. The lowest BCUT2D eigenvalue weighted by Crippen LogP contribution is -2.52. The third-order valence-electron chi connectivity index (χ3n) is 7.06. The molecule has 3 aromatic carbocycles. The molecular weight excluding hydrogens is 538 g/mol. The number of aryl methyl sites for hydroxylation is 2. The van der Waals surface area contributed by atoms with Crippen molar-refractivity contribution in [2.45, 2.75) is 64.4 Å². The zero-order chi connectivity index (χ0) is 30.0. The molecule has 0 aliphatic rings. The first-order chi connectivity index (χ1) is 19.6. The van der Waals surface area contributed by atoms with Gasteiger partial charge in [0.15, 0.2) is 0 Å². The Morgan fingerprint density at radius 3 is 2.22 bits per heavy atom. The number of nitrogens with zero attached hydrogens (tertiary/aromatic N) is 2. The van der Waals surface area contributed by atoms with Gasteiger partial charge in [0.25, 0.3) is 10.0 Å². The number of anilines is 1. The van der Waals surface area contributed by atoms with Gasteiger partial charge in [0.05, 0.1) is 17.7 Å². The maximum absolute atomic E-state index is 14.2. The summed E-state index contributed by atoms with van der Waals surface area (Å²) in [6.45, 7) is 7.87. The zero-order valence-corrected chi connectivity index (χ0v) is 25.4. The van der Waals surface area contributed by atoms with Crippen molar-refractivity contribution in [1.82, 2.24) is 10.2 Å². The third kappa shape index (κ3) is 7.88. The summed E-state index contributed by atoms with van der Waals surface area (Å²) >= 11 is 0. The van der Waals surface area contributed by atoms with Gasteiger partial charge in [0.1, 0.15) is 18.3 Å². The molecule has 1 unspecified atom stereocenters. The molecule has 0 heterocycles. The topological polar surface area (TPSA) is 96.0 Å². The second kappa shape index (κ2) is 14.7. The fraction of sp³-hybridized carbons (Fsp3) is 0.375. The Morgan fingerprint density at radius 1 is 0.927 bits per heavy atom. The average molecular weight is 580 g/mol. The number of unbranched alkanes of at least 4 members (excludes halogenated alkanes) is 1. The summed E-state index contributed by atoms with van der Waals surface area (Å²) in [7, 11) is -2.72. The van der Waals surface area contributed by atoms with Crippen molar-refractivity contribution >= 4 is 27.5 Å². The van der Waals surface area contributed by atoms with E-state index in [1.807, 2.05) is 52.0 Å². The van der Waals surface area contributed by atoms with Crippen LogP contribution in [0.25, 0.3) is 0 Å². The first kappa shape index (κ1) is 31.7. The summed E-state index contributed by atoms with van der Waals surface area (Å²) in [6.07, 6.45) is 2.12. The molecule has 2 amide bonds. The molecule has 0 spiro atoms. The number of ether oxygens (including phenoxy) is 1. The molecule has 0 saturated carbocycles. The largest absolute Gasteiger partial charge is 0.495 e. The molecule has 9 heteroatoms. The standard InChI is InChI=1S/C32H41N3O5S/c1-6-8-21-33-32(37)28(7-2)34(22-26-14-10-9-13-25(26)4)31(36)23-35(29-15-11-12-16-30(29)40-5)41(38,39)27-19-17-24(3)18-20-27/h9-20,28H,6-8,21-23H2,1-5H3,(H,33,37). The van der Waals surface area contributed by atoms with E-state index in [1.54, 1.807) is 36.4 Å². The smallest absolute Gasteiger partial charge is 0.264 e. The van der Waals surface area contributed by atoms with Gasteiger partial charge in [0, 0.05) is 13.1 Å².